The summed E-state index contributed by atoms with van der Waals surface area (Å²) in [6.45, 7) is 4.07. The van der Waals surface area contributed by atoms with E-state index < -0.39 is 0 Å². The van der Waals surface area contributed by atoms with Gasteiger partial charge in [0, 0.05) is 19.2 Å². The molecule has 15 heavy (non-hydrogen) atoms. The van der Waals surface area contributed by atoms with E-state index in [0.29, 0.717) is 12.6 Å². The van der Waals surface area contributed by atoms with Crippen molar-refractivity contribution in [2.24, 2.45) is 0 Å². The molecule has 6 heteroatoms. The molecule has 81 valence electrons. The van der Waals surface area contributed by atoms with Gasteiger partial charge in [0.2, 0.25) is 0 Å². The molecule has 2 rings (SSSR count). The standard InChI is InChI=1S/C9H11IN3O2/c1-14-9-11-7(10)6-8(12-9)13-2-4-15-5-3-13/h4,6H,2-3,5H2,1H3. The van der Waals surface area contributed by atoms with Crippen LogP contribution in [-0.4, -0.2) is 36.8 Å². The van der Waals surface area contributed by atoms with E-state index in [1.165, 1.54) is 0 Å². The molecule has 0 atom stereocenters. The van der Waals surface area contributed by atoms with Gasteiger partial charge in [0.25, 0.3) is 0 Å². The molecule has 0 bridgehead atoms. The van der Waals surface area contributed by atoms with Gasteiger partial charge in [0.15, 0.2) is 0 Å². The van der Waals surface area contributed by atoms with Gasteiger partial charge < -0.3 is 14.4 Å². The monoisotopic (exact) mass is 320 g/mol. The van der Waals surface area contributed by atoms with E-state index in [2.05, 4.69) is 37.5 Å². The third-order valence-electron chi connectivity index (χ3n) is 2.06. The summed E-state index contributed by atoms with van der Waals surface area (Å²) in [7, 11) is 1.57. The van der Waals surface area contributed by atoms with Gasteiger partial charge in [-0.15, -0.1) is 0 Å². The maximum absolute atomic E-state index is 5.16. The van der Waals surface area contributed by atoms with Crippen molar-refractivity contribution in [2.45, 2.75) is 0 Å². The van der Waals surface area contributed by atoms with Crippen LogP contribution in [0, 0.1) is 10.3 Å². The van der Waals surface area contributed by atoms with E-state index in [0.717, 1.165) is 22.6 Å². The first kappa shape index (κ1) is 10.9. The Labute approximate surface area is 102 Å². The predicted octanol–water partition coefficient (Wildman–Crippen LogP) is 1.09. The minimum atomic E-state index is 0.406. The Bertz CT molecular complexity index is 342. The van der Waals surface area contributed by atoms with Gasteiger partial charge >= 0.3 is 6.01 Å². The van der Waals surface area contributed by atoms with Crippen molar-refractivity contribution in [2.75, 3.05) is 31.7 Å². The lowest BCUT2D eigenvalue weighted by Crippen LogP contribution is -2.34. The minimum absolute atomic E-state index is 0.406. The molecule has 0 aliphatic carbocycles. The van der Waals surface area contributed by atoms with Crippen LogP contribution in [0.4, 0.5) is 5.82 Å². The zero-order chi connectivity index (χ0) is 10.7. The van der Waals surface area contributed by atoms with Crippen molar-refractivity contribution >= 4 is 28.4 Å². The highest BCUT2D eigenvalue weighted by molar-refractivity contribution is 14.1. The molecule has 0 spiro atoms. The lowest BCUT2D eigenvalue weighted by molar-refractivity contribution is 0.181. The summed E-state index contributed by atoms with van der Waals surface area (Å²) in [5.74, 6) is 0.880. The van der Waals surface area contributed by atoms with E-state index in [-0.39, 0.29) is 0 Å². The van der Waals surface area contributed by atoms with Crippen molar-refractivity contribution < 1.29 is 9.47 Å². The molecular formula is C9H11IN3O2. The second-order valence-electron chi connectivity index (χ2n) is 3.02. The Morgan fingerprint density at radius 3 is 3.07 bits per heavy atom. The van der Waals surface area contributed by atoms with Gasteiger partial charge in [-0.05, 0) is 22.6 Å². The largest absolute Gasteiger partial charge is 0.467 e. The Balaban J connectivity index is 2.22. The third-order valence-corrected chi connectivity index (χ3v) is 2.61. The van der Waals surface area contributed by atoms with Crippen LogP contribution in [0.15, 0.2) is 6.07 Å². The summed E-state index contributed by atoms with van der Waals surface area (Å²) in [5.41, 5.74) is 0. The molecule has 1 aliphatic rings. The number of halogens is 1. The molecule has 1 saturated heterocycles. The van der Waals surface area contributed by atoms with E-state index in [1.807, 2.05) is 6.07 Å². The molecular weight excluding hydrogens is 309 g/mol. The van der Waals surface area contributed by atoms with E-state index in [9.17, 15) is 0 Å². The molecule has 1 aliphatic heterocycles. The summed E-state index contributed by atoms with van der Waals surface area (Å²) < 4.78 is 11.1. The Morgan fingerprint density at radius 2 is 2.40 bits per heavy atom. The Morgan fingerprint density at radius 1 is 1.53 bits per heavy atom. The van der Waals surface area contributed by atoms with Gasteiger partial charge in [-0.1, -0.05) is 0 Å². The first-order valence-corrected chi connectivity index (χ1v) is 5.64. The lowest BCUT2D eigenvalue weighted by Gasteiger charge is -2.27. The number of aromatic nitrogens is 2. The highest BCUT2D eigenvalue weighted by Crippen LogP contribution is 2.18. The molecule has 0 aromatic carbocycles. The van der Waals surface area contributed by atoms with E-state index in [4.69, 9.17) is 9.47 Å². The van der Waals surface area contributed by atoms with Crippen LogP contribution < -0.4 is 9.64 Å². The zero-order valence-electron chi connectivity index (χ0n) is 8.31. The molecule has 1 aromatic heterocycles. The van der Waals surface area contributed by atoms with E-state index >= 15 is 0 Å². The first-order chi connectivity index (χ1) is 7.29. The molecule has 0 saturated carbocycles. The van der Waals surface area contributed by atoms with Crippen LogP contribution >= 0.6 is 22.6 Å². The molecule has 1 fully saturated rings. The fourth-order valence-corrected chi connectivity index (χ4v) is 1.81. The van der Waals surface area contributed by atoms with Crippen LogP contribution in [0.3, 0.4) is 0 Å². The van der Waals surface area contributed by atoms with Gasteiger partial charge in [-0.3, -0.25) is 0 Å². The van der Waals surface area contributed by atoms with Crippen LogP contribution in [0.2, 0.25) is 0 Å². The lowest BCUT2D eigenvalue weighted by atomic mass is 10.4. The number of ether oxygens (including phenoxy) is 2. The van der Waals surface area contributed by atoms with Crippen molar-refractivity contribution in [3.63, 3.8) is 0 Å². The summed E-state index contributed by atoms with van der Waals surface area (Å²) in [6, 6.07) is 2.34. The number of anilines is 1. The number of rotatable bonds is 2. The van der Waals surface area contributed by atoms with Gasteiger partial charge in [0.05, 0.1) is 13.7 Å². The Kier molecular flexibility index (Phi) is 3.57. The second-order valence-corrected chi connectivity index (χ2v) is 4.12. The third kappa shape index (κ3) is 2.69. The fourth-order valence-electron chi connectivity index (χ4n) is 1.33. The summed E-state index contributed by atoms with van der Waals surface area (Å²) in [6.07, 6.45) is 0. The average Bonchev–Trinajstić information content (AvgIpc) is 2.29. The minimum Gasteiger partial charge on any atom is -0.467 e. The second kappa shape index (κ2) is 4.93. The predicted molar refractivity (Wildman–Crippen MR) is 63.8 cm³/mol. The molecule has 0 amide bonds. The summed E-state index contributed by atoms with van der Waals surface area (Å²) in [5, 5.41) is 0. The number of hydrogen-bond donors (Lipinski definition) is 0. The maximum Gasteiger partial charge on any atom is 0.319 e. The number of hydrogen-bond acceptors (Lipinski definition) is 5. The first-order valence-electron chi connectivity index (χ1n) is 4.56. The summed E-state index contributed by atoms with van der Waals surface area (Å²) >= 11 is 2.15. The highest BCUT2D eigenvalue weighted by Gasteiger charge is 2.14. The smallest absolute Gasteiger partial charge is 0.319 e. The topological polar surface area (TPSA) is 47.5 Å². The van der Waals surface area contributed by atoms with Gasteiger partial charge in [0.1, 0.15) is 16.1 Å². The number of nitrogens with zero attached hydrogens (tertiary/aromatic N) is 3. The molecule has 1 radical (unpaired) electrons. The SMILES string of the molecule is COc1nc(I)cc(N2C[CH]OCC2)n1. The van der Waals surface area contributed by atoms with Crippen LogP contribution in [0.1, 0.15) is 0 Å². The average molecular weight is 320 g/mol. The van der Waals surface area contributed by atoms with E-state index in [1.54, 1.807) is 13.7 Å². The highest BCUT2D eigenvalue weighted by atomic mass is 127. The number of methoxy groups -OCH3 is 1. The van der Waals surface area contributed by atoms with Gasteiger partial charge in [-0.2, -0.15) is 9.97 Å². The molecule has 5 nitrogen and oxygen atoms in total. The molecule has 0 N–H and O–H groups in total. The van der Waals surface area contributed by atoms with Crippen LogP contribution in [-0.2, 0) is 4.74 Å². The molecule has 2 heterocycles. The van der Waals surface area contributed by atoms with Crippen LogP contribution in [0.25, 0.3) is 0 Å². The zero-order valence-corrected chi connectivity index (χ0v) is 10.5. The van der Waals surface area contributed by atoms with Crippen molar-refractivity contribution in [3.05, 3.63) is 16.4 Å². The Hall–Kier alpha value is -0.630. The maximum atomic E-state index is 5.16. The van der Waals surface area contributed by atoms with Gasteiger partial charge in [-0.25, -0.2) is 0 Å². The van der Waals surface area contributed by atoms with Crippen molar-refractivity contribution in [1.29, 1.82) is 0 Å². The van der Waals surface area contributed by atoms with Crippen molar-refractivity contribution in [3.8, 4) is 6.01 Å². The quantitative estimate of drug-likeness (QED) is 0.603. The fraction of sp³-hybridized carbons (Fsp3) is 0.444. The van der Waals surface area contributed by atoms with Crippen molar-refractivity contribution in [1.82, 2.24) is 9.97 Å². The normalized spacial score (nSPS) is 16.5. The molecule has 1 aromatic rings. The molecule has 0 unspecified atom stereocenters. The summed E-state index contributed by atoms with van der Waals surface area (Å²) in [4.78, 5) is 10.5. The number of morpholine rings is 1. The van der Waals surface area contributed by atoms with Crippen LogP contribution in [0.5, 0.6) is 6.01 Å².